The van der Waals surface area contributed by atoms with Crippen LogP contribution in [-0.4, -0.2) is 76.5 Å². The van der Waals surface area contributed by atoms with Gasteiger partial charge in [-0.3, -0.25) is 13.9 Å². The molecule has 1 saturated heterocycles. The summed E-state index contributed by atoms with van der Waals surface area (Å²) in [5.41, 5.74) is 0.788. The van der Waals surface area contributed by atoms with Gasteiger partial charge in [-0.1, -0.05) is 0 Å². The lowest BCUT2D eigenvalue weighted by molar-refractivity contribution is -0.119. The van der Waals surface area contributed by atoms with E-state index in [0.29, 0.717) is 55.6 Å². The molecule has 1 aliphatic rings. The van der Waals surface area contributed by atoms with Crippen LogP contribution in [0.15, 0.2) is 47.1 Å². The molecule has 11 heteroatoms. The molecule has 0 radical (unpaired) electrons. The number of carbonyl (C=O) groups is 2. The van der Waals surface area contributed by atoms with Crippen LogP contribution in [0.1, 0.15) is 16.1 Å². The van der Waals surface area contributed by atoms with Crippen LogP contribution >= 0.6 is 11.8 Å². The minimum atomic E-state index is -3.69. The summed E-state index contributed by atoms with van der Waals surface area (Å²) >= 11 is 1.61. The lowest BCUT2D eigenvalue weighted by Gasteiger charge is -2.27. The van der Waals surface area contributed by atoms with Crippen molar-refractivity contribution < 1.29 is 27.2 Å². The number of rotatable bonds is 10. The number of morpholine rings is 1. The first-order chi connectivity index (χ1) is 15.3. The lowest BCUT2D eigenvalue weighted by Crippen LogP contribution is -2.41. The van der Waals surface area contributed by atoms with Gasteiger partial charge in [-0.2, -0.15) is 11.8 Å². The lowest BCUT2D eigenvalue weighted by atomic mass is 10.1. The highest BCUT2D eigenvalue weighted by atomic mass is 32.2. The Balaban J connectivity index is 1.53. The maximum Gasteiger partial charge on any atom is 0.254 e. The minimum absolute atomic E-state index is 0.129. The Bertz CT molecular complexity index is 987. The number of hydrogen-bond donors (Lipinski definition) is 1. The predicted octanol–water partition coefficient (Wildman–Crippen LogP) is 1.57. The third-order valence-corrected chi connectivity index (χ3v) is 6.90. The summed E-state index contributed by atoms with van der Waals surface area (Å²) in [4.78, 5) is 26.6. The molecule has 1 fully saturated rings. The van der Waals surface area contributed by atoms with Crippen molar-refractivity contribution in [2.75, 3.05) is 55.7 Å². The van der Waals surface area contributed by atoms with Crippen LogP contribution in [-0.2, 0) is 25.3 Å². The Morgan fingerprint density at radius 1 is 1.16 bits per heavy atom. The largest absolute Gasteiger partial charge is 0.468 e. The fraction of sp³-hybridized carbons (Fsp3) is 0.429. The molecule has 0 saturated carbocycles. The summed E-state index contributed by atoms with van der Waals surface area (Å²) in [6.45, 7) is 2.13. The molecule has 1 aromatic heterocycles. The smallest absolute Gasteiger partial charge is 0.254 e. The van der Waals surface area contributed by atoms with Gasteiger partial charge in [0.25, 0.3) is 5.91 Å². The van der Waals surface area contributed by atoms with Crippen LogP contribution in [0.5, 0.6) is 0 Å². The van der Waals surface area contributed by atoms with Crippen molar-refractivity contribution in [3.63, 3.8) is 0 Å². The van der Waals surface area contributed by atoms with E-state index in [1.54, 1.807) is 47.2 Å². The zero-order valence-electron chi connectivity index (χ0n) is 17.9. The molecule has 2 aromatic rings. The molecule has 1 aromatic carbocycles. The monoisotopic (exact) mass is 481 g/mol. The van der Waals surface area contributed by atoms with Crippen LogP contribution in [0.25, 0.3) is 0 Å². The first-order valence-electron chi connectivity index (χ1n) is 10.2. The second-order valence-electron chi connectivity index (χ2n) is 7.20. The Morgan fingerprint density at radius 2 is 1.88 bits per heavy atom. The van der Waals surface area contributed by atoms with Gasteiger partial charge in [0.1, 0.15) is 12.3 Å². The first-order valence-corrected chi connectivity index (χ1v) is 13.2. The van der Waals surface area contributed by atoms with Crippen molar-refractivity contribution in [3.05, 3.63) is 54.0 Å². The number of nitrogens with zero attached hydrogens (tertiary/aromatic N) is 2. The number of hydrogen-bond acceptors (Lipinski definition) is 7. The third-order valence-electron chi connectivity index (χ3n) is 4.78. The fourth-order valence-electron chi connectivity index (χ4n) is 3.14. The maximum absolute atomic E-state index is 12.6. The number of amides is 2. The van der Waals surface area contributed by atoms with E-state index in [1.807, 2.05) is 12.1 Å². The topological polar surface area (TPSA) is 109 Å². The molecule has 32 heavy (non-hydrogen) atoms. The van der Waals surface area contributed by atoms with Gasteiger partial charge in [0.05, 0.1) is 37.2 Å². The summed E-state index contributed by atoms with van der Waals surface area (Å²) in [7, 11) is -3.69. The van der Waals surface area contributed by atoms with Crippen molar-refractivity contribution in [2.24, 2.45) is 0 Å². The van der Waals surface area contributed by atoms with E-state index in [0.717, 1.165) is 16.3 Å². The highest BCUT2D eigenvalue weighted by molar-refractivity contribution is 7.98. The normalized spacial score (nSPS) is 14.2. The average Bonchev–Trinajstić information content (AvgIpc) is 3.30. The number of sulfonamides is 1. The zero-order chi connectivity index (χ0) is 23.0. The summed E-state index contributed by atoms with van der Waals surface area (Å²) < 4.78 is 36.1. The van der Waals surface area contributed by atoms with Crippen molar-refractivity contribution >= 4 is 39.3 Å². The van der Waals surface area contributed by atoms with E-state index < -0.39 is 15.9 Å². The summed E-state index contributed by atoms with van der Waals surface area (Å²) in [5, 5.41) is 2.74. The number of ether oxygens (including phenoxy) is 1. The van der Waals surface area contributed by atoms with Crippen molar-refractivity contribution in [2.45, 2.75) is 5.75 Å². The van der Waals surface area contributed by atoms with Crippen LogP contribution in [0.4, 0.5) is 5.69 Å². The number of furan rings is 1. The molecule has 9 nitrogen and oxygen atoms in total. The van der Waals surface area contributed by atoms with E-state index in [9.17, 15) is 18.0 Å². The molecule has 0 bridgehead atoms. The minimum Gasteiger partial charge on any atom is -0.468 e. The maximum atomic E-state index is 12.6. The van der Waals surface area contributed by atoms with Gasteiger partial charge >= 0.3 is 0 Å². The van der Waals surface area contributed by atoms with Gasteiger partial charge in [-0.05, 0) is 36.4 Å². The molecular weight excluding hydrogens is 454 g/mol. The molecule has 1 N–H and O–H groups in total. The number of anilines is 1. The zero-order valence-corrected chi connectivity index (χ0v) is 19.5. The second kappa shape index (κ2) is 11.4. The third kappa shape index (κ3) is 7.01. The Morgan fingerprint density at radius 3 is 2.50 bits per heavy atom. The fourth-order valence-corrected chi connectivity index (χ4v) is 4.75. The molecule has 1 aliphatic heterocycles. The number of carbonyl (C=O) groups excluding carboxylic acids is 2. The highest BCUT2D eigenvalue weighted by Gasteiger charge is 2.22. The van der Waals surface area contributed by atoms with Crippen LogP contribution in [0.2, 0.25) is 0 Å². The molecule has 0 unspecified atom stereocenters. The van der Waals surface area contributed by atoms with Gasteiger partial charge in [0, 0.05) is 31.0 Å². The first kappa shape index (κ1) is 24.1. The molecule has 2 heterocycles. The molecule has 3 rings (SSSR count). The van der Waals surface area contributed by atoms with Gasteiger partial charge in [-0.15, -0.1) is 0 Å². The Labute approximate surface area is 192 Å². The molecule has 2 amide bonds. The SMILES string of the molecule is CS(=O)(=O)N(CC(=O)NCCSCc1ccco1)c1ccc(C(=O)N2CCOCC2)cc1. The summed E-state index contributed by atoms with van der Waals surface area (Å²) in [6, 6.07) is 9.95. The number of thioether (sulfide) groups is 1. The van der Waals surface area contributed by atoms with Gasteiger partial charge in [-0.25, -0.2) is 8.42 Å². The number of nitrogens with one attached hydrogen (secondary N) is 1. The van der Waals surface area contributed by atoms with Crippen LogP contribution in [0.3, 0.4) is 0 Å². The van der Waals surface area contributed by atoms with Gasteiger partial charge in [0.2, 0.25) is 15.9 Å². The molecule has 0 atom stereocenters. The van der Waals surface area contributed by atoms with E-state index in [1.165, 1.54) is 0 Å². The van der Waals surface area contributed by atoms with Crippen LogP contribution < -0.4 is 9.62 Å². The second-order valence-corrected chi connectivity index (χ2v) is 10.2. The standard InChI is InChI=1S/C21H27N3O6S2/c1-32(27,28)24(15-20(25)22-8-14-31-16-19-3-2-11-30-19)18-6-4-17(5-7-18)21(26)23-9-12-29-13-10-23/h2-7,11H,8-10,12-16H2,1H3,(H,22,25). The molecule has 0 spiro atoms. The van der Waals surface area contributed by atoms with Crippen molar-refractivity contribution in [1.82, 2.24) is 10.2 Å². The van der Waals surface area contributed by atoms with E-state index in [-0.39, 0.29) is 12.5 Å². The molecular formula is C21H27N3O6S2. The summed E-state index contributed by atoms with van der Waals surface area (Å²) in [6.07, 6.45) is 2.66. The average molecular weight is 482 g/mol. The van der Waals surface area contributed by atoms with Crippen molar-refractivity contribution in [1.29, 1.82) is 0 Å². The Kier molecular flexibility index (Phi) is 8.60. The quantitative estimate of drug-likeness (QED) is 0.513. The predicted molar refractivity (Wildman–Crippen MR) is 123 cm³/mol. The highest BCUT2D eigenvalue weighted by Crippen LogP contribution is 2.19. The Hall–Kier alpha value is -2.50. The van der Waals surface area contributed by atoms with E-state index in [2.05, 4.69) is 5.32 Å². The van der Waals surface area contributed by atoms with Gasteiger partial charge in [0.15, 0.2) is 0 Å². The summed E-state index contributed by atoms with van der Waals surface area (Å²) in [5.74, 6) is 1.70. The van der Waals surface area contributed by atoms with E-state index in [4.69, 9.17) is 9.15 Å². The molecule has 0 aliphatic carbocycles. The van der Waals surface area contributed by atoms with E-state index >= 15 is 0 Å². The van der Waals surface area contributed by atoms with Gasteiger partial charge < -0.3 is 19.4 Å². The van der Waals surface area contributed by atoms with Crippen molar-refractivity contribution in [3.8, 4) is 0 Å². The molecule has 174 valence electrons. The van der Waals surface area contributed by atoms with Crippen LogP contribution in [0, 0.1) is 0 Å². The number of benzene rings is 1.